The fourth-order valence-electron chi connectivity index (χ4n) is 0.686. The van der Waals surface area contributed by atoms with Gasteiger partial charge in [0.15, 0.2) is 0 Å². The van der Waals surface area contributed by atoms with E-state index in [0.29, 0.717) is 0 Å². The number of hydrogen-bond acceptors (Lipinski definition) is 4. The van der Waals surface area contributed by atoms with E-state index < -0.39 is 16.4 Å². The van der Waals surface area contributed by atoms with Crippen molar-refractivity contribution in [1.29, 1.82) is 0 Å². The van der Waals surface area contributed by atoms with Crippen molar-refractivity contribution in [2.45, 2.75) is 13.3 Å². The van der Waals surface area contributed by atoms with Gasteiger partial charge in [0.2, 0.25) is 10.5 Å². The summed E-state index contributed by atoms with van der Waals surface area (Å²) in [6, 6.07) is 4.16. The van der Waals surface area contributed by atoms with Crippen LogP contribution < -0.4 is 5.73 Å². The average molecular weight is 282 g/mol. The van der Waals surface area contributed by atoms with E-state index in [0.717, 1.165) is 13.0 Å². The summed E-state index contributed by atoms with van der Waals surface area (Å²) in [7, 11) is 0. The summed E-state index contributed by atoms with van der Waals surface area (Å²) in [5.41, 5.74) is 5.33. The molecule has 1 aromatic heterocycles. The van der Waals surface area contributed by atoms with Crippen molar-refractivity contribution in [3.63, 3.8) is 0 Å². The standard InChI is InChI=1S/C6H9NS.C4H4Cl2O2/c7-4-3-6-2-1-5-8-6;1-2(3(5)7)4(6)8/h1-2,5H,3-4,7H2;2H,1H3. The Bertz CT molecular complexity index is 314. The van der Waals surface area contributed by atoms with Crippen LogP contribution >= 0.6 is 34.5 Å². The molecular weight excluding hydrogens is 269 g/mol. The van der Waals surface area contributed by atoms with E-state index in [4.69, 9.17) is 28.9 Å². The SMILES string of the molecule is CC(C(=O)Cl)C(=O)Cl.NCCc1cccs1. The summed E-state index contributed by atoms with van der Waals surface area (Å²) in [5.74, 6) is -0.877. The fraction of sp³-hybridized carbons (Fsp3) is 0.400. The van der Waals surface area contributed by atoms with Crippen LogP contribution in [-0.4, -0.2) is 17.0 Å². The van der Waals surface area contributed by atoms with Gasteiger partial charge in [-0.15, -0.1) is 11.3 Å². The number of carbonyl (C=O) groups is 2. The van der Waals surface area contributed by atoms with Gasteiger partial charge >= 0.3 is 0 Å². The number of hydrogen-bond donors (Lipinski definition) is 1. The predicted octanol–water partition coefficient (Wildman–Crippen LogP) is 2.40. The molecule has 1 heterocycles. The van der Waals surface area contributed by atoms with E-state index in [1.807, 2.05) is 0 Å². The molecule has 0 unspecified atom stereocenters. The minimum Gasteiger partial charge on any atom is -0.330 e. The van der Waals surface area contributed by atoms with E-state index in [1.165, 1.54) is 11.8 Å². The van der Waals surface area contributed by atoms with Crippen molar-refractivity contribution in [2.24, 2.45) is 11.7 Å². The maximum atomic E-state index is 10.0. The normalized spacial score (nSPS) is 9.56. The van der Waals surface area contributed by atoms with Gasteiger partial charge in [-0.05, 0) is 54.5 Å². The van der Waals surface area contributed by atoms with Crippen LogP contribution in [0.4, 0.5) is 0 Å². The molecule has 0 radical (unpaired) electrons. The summed E-state index contributed by atoms with van der Waals surface area (Å²) in [6.07, 6.45) is 1.03. The Balaban J connectivity index is 0.000000281. The number of nitrogens with two attached hydrogens (primary N) is 1. The van der Waals surface area contributed by atoms with Gasteiger partial charge in [-0.1, -0.05) is 6.07 Å². The molecule has 3 nitrogen and oxygen atoms in total. The zero-order valence-electron chi connectivity index (χ0n) is 8.78. The van der Waals surface area contributed by atoms with Gasteiger partial charge in [0.25, 0.3) is 0 Å². The Labute approximate surface area is 109 Å². The van der Waals surface area contributed by atoms with Crippen molar-refractivity contribution in [3.05, 3.63) is 22.4 Å². The molecule has 0 saturated heterocycles. The molecule has 6 heteroatoms. The van der Waals surface area contributed by atoms with Gasteiger partial charge in [0, 0.05) is 4.88 Å². The van der Waals surface area contributed by atoms with E-state index in [2.05, 4.69) is 17.5 Å². The molecule has 1 aromatic rings. The van der Waals surface area contributed by atoms with E-state index in [9.17, 15) is 9.59 Å². The number of rotatable bonds is 4. The monoisotopic (exact) mass is 281 g/mol. The molecule has 0 atom stereocenters. The second kappa shape index (κ2) is 8.70. The lowest BCUT2D eigenvalue weighted by atomic mass is 10.2. The molecule has 0 aliphatic carbocycles. The molecule has 0 bridgehead atoms. The third kappa shape index (κ3) is 6.95. The maximum Gasteiger partial charge on any atom is 0.233 e. The summed E-state index contributed by atoms with van der Waals surface area (Å²) in [4.78, 5) is 21.5. The second-order valence-electron chi connectivity index (χ2n) is 2.95. The van der Waals surface area contributed by atoms with Gasteiger partial charge in [-0.2, -0.15) is 0 Å². The van der Waals surface area contributed by atoms with Crippen LogP contribution in [0.2, 0.25) is 0 Å². The first kappa shape index (κ1) is 15.6. The largest absolute Gasteiger partial charge is 0.330 e. The molecule has 0 saturated carbocycles. The Morgan fingerprint density at radius 2 is 2.00 bits per heavy atom. The highest BCUT2D eigenvalue weighted by atomic mass is 35.5. The molecule has 90 valence electrons. The van der Waals surface area contributed by atoms with Crippen molar-refractivity contribution in [2.75, 3.05) is 6.54 Å². The summed E-state index contributed by atoms with van der Waals surface area (Å²) < 4.78 is 0. The first-order chi connectivity index (χ1) is 7.49. The van der Waals surface area contributed by atoms with Gasteiger partial charge in [-0.3, -0.25) is 9.59 Å². The Morgan fingerprint density at radius 3 is 2.25 bits per heavy atom. The third-order valence-electron chi connectivity index (χ3n) is 1.65. The van der Waals surface area contributed by atoms with Gasteiger partial charge in [0.1, 0.15) is 5.92 Å². The van der Waals surface area contributed by atoms with Gasteiger partial charge in [-0.25, -0.2) is 0 Å². The number of halogens is 2. The van der Waals surface area contributed by atoms with Crippen LogP contribution in [0.15, 0.2) is 17.5 Å². The Morgan fingerprint density at radius 1 is 1.44 bits per heavy atom. The highest BCUT2D eigenvalue weighted by molar-refractivity contribution is 7.09. The molecular formula is C10H13Cl2NO2S. The van der Waals surface area contributed by atoms with Crippen LogP contribution in [0.5, 0.6) is 0 Å². The van der Waals surface area contributed by atoms with Gasteiger partial charge in [0.05, 0.1) is 0 Å². The van der Waals surface area contributed by atoms with Crippen molar-refractivity contribution >= 4 is 45.0 Å². The summed E-state index contributed by atoms with van der Waals surface area (Å²) in [5, 5.41) is 0.639. The van der Waals surface area contributed by atoms with E-state index >= 15 is 0 Å². The molecule has 0 aromatic carbocycles. The minimum atomic E-state index is -0.877. The third-order valence-corrected chi connectivity index (χ3v) is 3.24. The predicted molar refractivity (Wildman–Crippen MR) is 68.0 cm³/mol. The lowest BCUT2D eigenvalue weighted by molar-refractivity contribution is -0.123. The zero-order valence-corrected chi connectivity index (χ0v) is 11.1. The molecule has 16 heavy (non-hydrogen) atoms. The average Bonchev–Trinajstić information content (AvgIpc) is 2.70. The Kier molecular flexibility index (Phi) is 8.47. The second-order valence-corrected chi connectivity index (χ2v) is 4.73. The van der Waals surface area contributed by atoms with Crippen LogP contribution in [-0.2, 0) is 16.0 Å². The van der Waals surface area contributed by atoms with Crippen molar-refractivity contribution < 1.29 is 9.59 Å². The molecule has 0 fully saturated rings. The van der Waals surface area contributed by atoms with Crippen LogP contribution in [0, 0.1) is 5.92 Å². The molecule has 0 amide bonds. The first-order valence-corrected chi connectivity index (χ1v) is 6.23. The van der Waals surface area contributed by atoms with Crippen LogP contribution in [0.25, 0.3) is 0 Å². The van der Waals surface area contributed by atoms with E-state index in [-0.39, 0.29) is 0 Å². The minimum absolute atomic E-state index is 0.718. The van der Waals surface area contributed by atoms with E-state index in [1.54, 1.807) is 11.3 Å². The van der Waals surface area contributed by atoms with Crippen molar-refractivity contribution in [3.8, 4) is 0 Å². The smallest absolute Gasteiger partial charge is 0.233 e. The molecule has 2 N–H and O–H groups in total. The lowest BCUT2D eigenvalue weighted by Crippen LogP contribution is -2.10. The zero-order chi connectivity index (χ0) is 12.6. The lowest BCUT2D eigenvalue weighted by Gasteiger charge is -1.93. The van der Waals surface area contributed by atoms with Gasteiger partial charge < -0.3 is 5.73 Å². The summed E-state index contributed by atoms with van der Waals surface area (Å²) in [6.45, 7) is 2.12. The van der Waals surface area contributed by atoms with Crippen molar-refractivity contribution in [1.82, 2.24) is 0 Å². The molecule has 0 aliphatic rings. The highest BCUT2D eigenvalue weighted by Gasteiger charge is 2.15. The van der Waals surface area contributed by atoms with Crippen LogP contribution in [0.1, 0.15) is 11.8 Å². The fourth-order valence-corrected chi connectivity index (χ4v) is 1.67. The Hall–Kier alpha value is -0.420. The molecule has 0 spiro atoms. The molecule has 0 aliphatic heterocycles. The number of carbonyl (C=O) groups excluding carboxylic acids is 2. The quantitative estimate of drug-likeness (QED) is 0.681. The first-order valence-electron chi connectivity index (χ1n) is 4.60. The maximum absolute atomic E-state index is 10.0. The topological polar surface area (TPSA) is 60.2 Å². The van der Waals surface area contributed by atoms with Crippen LogP contribution in [0.3, 0.4) is 0 Å². The molecule has 1 rings (SSSR count). The highest BCUT2D eigenvalue weighted by Crippen LogP contribution is 2.07. The summed E-state index contributed by atoms with van der Waals surface area (Å²) >= 11 is 11.5. The number of thiophene rings is 1.